The SMILES string of the molecule is O=C1CCC(N2Cc3cc(-n4cc(C(=O)NC5COC(C6CC6)C5)nn4)ccc3C2=O)C(=O)N1. The number of amides is 4. The van der Waals surface area contributed by atoms with Gasteiger partial charge in [-0.05, 0) is 55.4 Å². The van der Waals surface area contributed by atoms with Gasteiger partial charge in [0.25, 0.3) is 11.8 Å². The maximum Gasteiger partial charge on any atom is 0.273 e. The zero-order chi connectivity index (χ0) is 23.4. The number of hydrogen-bond donors (Lipinski definition) is 2. The Morgan fingerprint density at radius 2 is 2.03 bits per heavy atom. The third-order valence-electron chi connectivity index (χ3n) is 7.01. The first-order valence-electron chi connectivity index (χ1n) is 11.6. The van der Waals surface area contributed by atoms with E-state index in [1.165, 1.54) is 22.4 Å². The van der Waals surface area contributed by atoms with E-state index in [2.05, 4.69) is 20.9 Å². The maximum absolute atomic E-state index is 12.9. The molecule has 3 atom stereocenters. The molecule has 1 aliphatic carbocycles. The van der Waals surface area contributed by atoms with E-state index in [0.717, 1.165) is 12.0 Å². The number of rotatable bonds is 5. The van der Waals surface area contributed by atoms with Crippen molar-refractivity contribution in [3.05, 3.63) is 41.2 Å². The van der Waals surface area contributed by atoms with Gasteiger partial charge in [0.1, 0.15) is 6.04 Å². The number of aromatic nitrogens is 3. The molecule has 1 aromatic heterocycles. The standard InChI is InChI=1S/C23H24N6O5/c30-20-6-5-18(22(32)25-20)28-9-13-7-15(3-4-16(13)23(28)33)29-10-17(26-27-29)21(31)24-14-8-19(34-11-14)12-1-2-12/h3-4,7,10,12,14,18-19H,1-2,5-6,8-9,11H2,(H,24,31)(H,25,30,32). The molecular weight excluding hydrogens is 440 g/mol. The van der Waals surface area contributed by atoms with E-state index in [9.17, 15) is 19.2 Å². The largest absolute Gasteiger partial charge is 0.376 e. The Bertz CT molecular complexity index is 1200. The molecule has 176 valence electrons. The van der Waals surface area contributed by atoms with Gasteiger partial charge in [0.2, 0.25) is 11.8 Å². The minimum Gasteiger partial charge on any atom is -0.376 e. The fourth-order valence-corrected chi connectivity index (χ4v) is 5.01. The number of nitrogens with zero attached hydrogens (tertiary/aromatic N) is 4. The lowest BCUT2D eigenvalue weighted by Crippen LogP contribution is -2.52. The van der Waals surface area contributed by atoms with Crippen LogP contribution in [-0.2, 0) is 20.9 Å². The van der Waals surface area contributed by atoms with Gasteiger partial charge in [0.05, 0.1) is 30.6 Å². The Hall–Kier alpha value is -3.60. The molecule has 4 heterocycles. The second kappa shape index (κ2) is 8.01. The number of piperidine rings is 1. The number of imide groups is 1. The summed E-state index contributed by atoms with van der Waals surface area (Å²) in [5.41, 5.74) is 2.12. The zero-order valence-corrected chi connectivity index (χ0v) is 18.4. The zero-order valence-electron chi connectivity index (χ0n) is 18.4. The second-order valence-corrected chi connectivity index (χ2v) is 9.41. The molecule has 3 fully saturated rings. The van der Waals surface area contributed by atoms with E-state index in [-0.39, 0.29) is 48.5 Å². The molecule has 1 saturated carbocycles. The molecular formula is C23H24N6O5. The molecule has 0 bridgehead atoms. The molecule has 2 N–H and O–H groups in total. The number of ether oxygens (including phenoxy) is 1. The van der Waals surface area contributed by atoms with Crippen LogP contribution in [0.3, 0.4) is 0 Å². The van der Waals surface area contributed by atoms with Gasteiger partial charge in [-0.25, -0.2) is 4.68 Å². The monoisotopic (exact) mass is 464 g/mol. The molecule has 6 rings (SSSR count). The fraction of sp³-hybridized carbons (Fsp3) is 0.478. The van der Waals surface area contributed by atoms with E-state index in [4.69, 9.17) is 4.74 Å². The molecule has 2 aromatic rings. The minimum absolute atomic E-state index is 0.0208. The van der Waals surface area contributed by atoms with E-state index in [1.807, 2.05) is 0 Å². The molecule has 4 amide bonds. The first-order valence-corrected chi connectivity index (χ1v) is 11.6. The second-order valence-electron chi connectivity index (χ2n) is 9.41. The Labute approximate surface area is 194 Å². The average molecular weight is 464 g/mol. The van der Waals surface area contributed by atoms with Crippen molar-refractivity contribution in [2.24, 2.45) is 5.92 Å². The van der Waals surface area contributed by atoms with Gasteiger partial charge < -0.3 is 15.0 Å². The number of hydrogen-bond acceptors (Lipinski definition) is 7. The normalized spacial score (nSPS) is 26.5. The Balaban J connectivity index is 1.14. The van der Waals surface area contributed by atoms with Crippen LogP contribution in [-0.4, -0.2) is 68.3 Å². The molecule has 34 heavy (non-hydrogen) atoms. The fourth-order valence-electron chi connectivity index (χ4n) is 5.01. The number of carbonyl (C=O) groups is 4. The van der Waals surface area contributed by atoms with Crippen LogP contribution in [0.5, 0.6) is 0 Å². The summed E-state index contributed by atoms with van der Waals surface area (Å²) in [6, 6.07) is 4.54. The predicted molar refractivity (Wildman–Crippen MR) is 116 cm³/mol. The first-order chi connectivity index (χ1) is 16.5. The topological polar surface area (TPSA) is 136 Å². The molecule has 3 unspecified atom stereocenters. The summed E-state index contributed by atoms with van der Waals surface area (Å²) in [6.07, 6.45) is 5.56. The van der Waals surface area contributed by atoms with Gasteiger partial charge in [-0.15, -0.1) is 5.10 Å². The summed E-state index contributed by atoms with van der Waals surface area (Å²) >= 11 is 0. The molecule has 3 aliphatic heterocycles. The highest BCUT2D eigenvalue weighted by molar-refractivity contribution is 6.05. The lowest BCUT2D eigenvalue weighted by atomic mass is 10.0. The third-order valence-corrected chi connectivity index (χ3v) is 7.01. The van der Waals surface area contributed by atoms with Gasteiger partial charge in [0.15, 0.2) is 5.69 Å². The van der Waals surface area contributed by atoms with Gasteiger partial charge in [0, 0.05) is 18.5 Å². The summed E-state index contributed by atoms with van der Waals surface area (Å²) in [6.45, 7) is 0.781. The molecule has 0 radical (unpaired) electrons. The van der Waals surface area contributed by atoms with Crippen molar-refractivity contribution in [3.63, 3.8) is 0 Å². The van der Waals surface area contributed by atoms with Crippen LogP contribution in [0.1, 0.15) is 58.5 Å². The predicted octanol–water partition coefficient (Wildman–Crippen LogP) is 0.326. The molecule has 1 aromatic carbocycles. The molecule has 11 heteroatoms. The summed E-state index contributed by atoms with van der Waals surface area (Å²) in [7, 11) is 0. The Morgan fingerprint density at radius 1 is 1.18 bits per heavy atom. The van der Waals surface area contributed by atoms with Crippen LogP contribution >= 0.6 is 0 Å². The third kappa shape index (κ3) is 3.75. The molecule has 11 nitrogen and oxygen atoms in total. The van der Waals surface area contributed by atoms with Crippen LogP contribution in [0.2, 0.25) is 0 Å². The van der Waals surface area contributed by atoms with E-state index in [1.54, 1.807) is 24.4 Å². The van der Waals surface area contributed by atoms with Crippen molar-refractivity contribution in [2.45, 2.75) is 56.8 Å². The maximum atomic E-state index is 12.9. The molecule has 2 saturated heterocycles. The first kappa shape index (κ1) is 21.0. The van der Waals surface area contributed by atoms with Crippen molar-refractivity contribution >= 4 is 23.6 Å². The summed E-state index contributed by atoms with van der Waals surface area (Å²) in [5, 5.41) is 13.4. The van der Waals surface area contributed by atoms with Crippen molar-refractivity contribution in [2.75, 3.05) is 6.61 Å². The molecule has 0 spiro atoms. The Kier molecular flexibility index (Phi) is 4.94. The highest BCUT2D eigenvalue weighted by Crippen LogP contribution is 2.38. The van der Waals surface area contributed by atoms with Crippen LogP contribution in [0.4, 0.5) is 0 Å². The quantitative estimate of drug-likeness (QED) is 0.609. The molecule has 4 aliphatic rings. The van der Waals surface area contributed by atoms with E-state index in [0.29, 0.717) is 30.2 Å². The summed E-state index contributed by atoms with van der Waals surface area (Å²) in [5.74, 6) is -0.655. The van der Waals surface area contributed by atoms with Crippen LogP contribution in [0.25, 0.3) is 5.69 Å². The van der Waals surface area contributed by atoms with Crippen LogP contribution in [0.15, 0.2) is 24.4 Å². The van der Waals surface area contributed by atoms with Gasteiger partial charge in [-0.1, -0.05) is 5.21 Å². The average Bonchev–Trinajstić information content (AvgIpc) is 3.22. The van der Waals surface area contributed by atoms with Crippen molar-refractivity contribution < 1.29 is 23.9 Å². The minimum atomic E-state index is -0.665. The van der Waals surface area contributed by atoms with Gasteiger partial charge >= 0.3 is 0 Å². The summed E-state index contributed by atoms with van der Waals surface area (Å²) in [4.78, 5) is 50.7. The number of carbonyl (C=O) groups excluding carboxylic acids is 4. The van der Waals surface area contributed by atoms with Crippen molar-refractivity contribution in [3.8, 4) is 5.69 Å². The Morgan fingerprint density at radius 3 is 2.82 bits per heavy atom. The number of benzene rings is 1. The smallest absolute Gasteiger partial charge is 0.273 e. The lowest BCUT2D eigenvalue weighted by Gasteiger charge is -2.29. The van der Waals surface area contributed by atoms with E-state index >= 15 is 0 Å². The summed E-state index contributed by atoms with van der Waals surface area (Å²) < 4.78 is 7.28. The van der Waals surface area contributed by atoms with Crippen molar-refractivity contribution in [1.29, 1.82) is 0 Å². The van der Waals surface area contributed by atoms with E-state index < -0.39 is 11.9 Å². The number of fused-ring (bicyclic) bond motifs is 1. The highest BCUT2D eigenvalue weighted by Gasteiger charge is 2.40. The lowest BCUT2D eigenvalue weighted by molar-refractivity contribution is -0.136. The van der Waals surface area contributed by atoms with Crippen molar-refractivity contribution in [1.82, 2.24) is 30.5 Å². The van der Waals surface area contributed by atoms with Crippen LogP contribution < -0.4 is 10.6 Å². The number of nitrogens with one attached hydrogen (secondary N) is 2. The van der Waals surface area contributed by atoms with Gasteiger partial charge in [-0.2, -0.15) is 0 Å². The van der Waals surface area contributed by atoms with Gasteiger partial charge in [-0.3, -0.25) is 24.5 Å². The van der Waals surface area contributed by atoms with Crippen LogP contribution in [0, 0.1) is 5.92 Å². The highest BCUT2D eigenvalue weighted by atomic mass is 16.5.